The summed E-state index contributed by atoms with van der Waals surface area (Å²) in [6, 6.07) is 9.81. The van der Waals surface area contributed by atoms with Crippen molar-refractivity contribution in [3.63, 3.8) is 0 Å². The van der Waals surface area contributed by atoms with E-state index in [1.807, 2.05) is 26.0 Å². The fourth-order valence-corrected chi connectivity index (χ4v) is 4.40. The molecule has 8 heteroatoms. The summed E-state index contributed by atoms with van der Waals surface area (Å²) in [5, 5.41) is 10.1. The minimum absolute atomic E-state index is 0.111. The Hall–Kier alpha value is -2.09. The van der Waals surface area contributed by atoms with E-state index in [0.29, 0.717) is 27.9 Å². The van der Waals surface area contributed by atoms with Crippen molar-refractivity contribution in [1.82, 2.24) is 4.90 Å². The van der Waals surface area contributed by atoms with Crippen molar-refractivity contribution < 1.29 is 19.1 Å². The molecule has 28 heavy (non-hydrogen) atoms. The first kappa shape index (κ1) is 20.6. The van der Waals surface area contributed by atoms with Crippen molar-refractivity contribution >= 4 is 57.9 Å². The molecule has 1 saturated heterocycles. The van der Waals surface area contributed by atoms with Gasteiger partial charge in [0, 0.05) is 16.7 Å². The van der Waals surface area contributed by atoms with Crippen molar-refractivity contribution in [3.05, 3.63) is 52.1 Å². The van der Waals surface area contributed by atoms with Crippen LogP contribution in [0, 0.1) is 5.92 Å². The maximum absolute atomic E-state index is 12.8. The van der Waals surface area contributed by atoms with Crippen LogP contribution in [0.2, 0.25) is 5.02 Å². The van der Waals surface area contributed by atoms with Gasteiger partial charge in [0.25, 0.3) is 5.91 Å². The van der Waals surface area contributed by atoms with Gasteiger partial charge >= 0.3 is 5.97 Å². The zero-order valence-electron chi connectivity index (χ0n) is 15.2. The molecule has 1 aromatic heterocycles. The molecule has 1 N–H and O–H groups in total. The minimum atomic E-state index is -1.06. The molecule has 1 aromatic carbocycles. The highest BCUT2D eigenvalue weighted by atomic mass is 35.5. The van der Waals surface area contributed by atoms with Gasteiger partial charge in [-0.05, 0) is 36.6 Å². The second-order valence-electron chi connectivity index (χ2n) is 6.75. The first-order valence-corrected chi connectivity index (χ1v) is 10.2. The summed E-state index contributed by atoms with van der Waals surface area (Å²) < 4.78 is 6.04. The van der Waals surface area contributed by atoms with Gasteiger partial charge in [0.1, 0.15) is 21.9 Å². The Balaban J connectivity index is 1.85. The van der Waals surface area contributed by atoms with E-state index in [4.69, 9.17) is 28.2 Å². The average Bonchev–Trinajstić information content (AvgIpc) is 3.18. The van der Waals surface area contributed by atoms with Gasteiger partial charge < -0.3 is 9.52 Å². The van der Waals surface area contributed by atoms with Gasteiger partial charge in [0.15, 0.2) is 0 Å². The molecule has 2 heterocycles. The predicted octanol–water partition coefficient (Wildman–Crippen LogP) is 5.30. The largest absolute Gasteiger partial charge is 0.480 e. The Morgan fingerprint density at radius 2 is 2.11 bits per heavy atom. The number of benzene rings is 1. The number of thiocarbonyl (C=S) groups is 1. The fourth-order valence-electron chi connectivity index (χ4n) is 2.87. The van der Waals surface area contributed by atoms with Crippen LogP contribution in [-0.4, -0.2) is 32.2 Å². The van der Waals surface area contributed by atoms with Gasteiger partial charge in [-0.2, -0.15) is 0 Å². The topological polar surface area (TPSA) is 70.8 Å². The third-order valence-corrected chi connectivity index (χ3v) is 5.69. The molecule has 1 unspecified atom stereocenters. The Bertz CT molecular complexity index is 967. The third kappa shape index (κ3) is 4.48. The zero-order chi connectivity index (χ0) is 20.4. The molecule has 0 bridgehead atoms. The van der Waals surface area contributed by atoms with Gasteiger partial charge in [-0.1, -0.05) is 61.6 Å². The standard InChI is InChI=1S/C20H18ClNO4S2/c1-11(2)8-15(19(24)25)22-18(23)17(28-20(22)27)10-14-6-7-16(26-14)12-4-3-5-13(21)9-12/h3-7,9-11,15H,8H2,1-2H3,(H,24,25). The van der Waals surface area contributed by atoms with Crippen molar-refractivity contribution in [2.75, 3.05) is 0 Å². The van der Waals surface area contributed by atoms with Crippen LogP contribution < -0.4 is 0 Å². The number of halogens is 1. The number of carbonyl (C=O) groups is 2. The number of thioether (sulfide) groups is 1. The molecular weight excluding hydrogens is 418 g/mol. The molecule has 0 saturated carbocycles. The van der Waals surface area contributed by atoms with Crippen LogP contribution in [0.15, 0.2) is 45.7 Å². The molecule has 5 nitrogen and oxygen atoms in total. The van der Waals surface area contributed by atoms with E-state index in [1.54, 1.807) is 30.3 Å². The number of carboxylic acid groups (broad SMARTS) is 1. The van der Waals surface area contributed by atoms with Gasteiger partial charge in [-0.15, -0.1) is 0 Å². The number of hydrogen-bond acceptors (Lipinski definition) is 5. The van der Waals surface area contributed by atoms with Crippen LogP contribution in [0.5, 0.6) is 0 Å². The summed E-state index contributed by atoms with van der Waals surface area (Å²) in [5.74, 6) is -0.269. The average molecular weight is 436 g/mol. The molecule has 0 aliphatic carbocycles. The van der Waals surface area contributed by atoms with E-state index in [0.717, 1.165) is 17.3 Å². The Morgan fingerprint density at radius 1 is 1.36 bits per heavy atom. The van der Waals surface area contributed by atoms with E-state index in [2.05, 4.69) is 0 Å². The van der Waals surface area contributed by atoms with E-state index in [-0.39, 0.29) is 10.2 Å². The van der Waals surface area contributed by atoms with Crippen molar-refractivity contribution in [3.8, 4) is 11.3 Å². The van der Waals surface area contributed by atoms with E-state index in [9.17, 15) is 14.7 Å². The fraction of sp³-hybridized carbons (Fsp3) is 0.250. The molecule has 0 spiro atoms. The first-order chi connectivity index (χ1) is 13.3. The summed E-state index contributed by atoms with van der Waals surface area (Å²) in [4.78, 5) is 26.0. The maximum atomic E-state index is 12.8. The van der Waals surface area contributed by atoms with Crippen molar-refractivity contribution in [2.24, 2.45) is 5.92 Å². The van der Waals surface area contributed by atoms with Crippen molar-refractivity contribution in [2.45, 2.75) is 26.3 Å². The normalized spacial score (nSPS) is 17.0. The molecule has 0 radical (unpaired) electrons. The summed E-state index contributed by atoms with van der Waals surface area (Å²) >= 11 is 12.4. The van der Waals surface area contributed by atoms with Crippen LogP contribution in [0.25, 0.3) is 17.4 Å². The molecule has 1 aliphatic heterocycles. The number of amides is 1. The Morgan fingerprint density at radius 3 is 2.75 bits per heavy atom. The monoisotopic (exact) mass is 435 g/mol. The molecule has 1 fully saturated rings. The number of nitrogens with zero attached hydrogens (tertiary/aromatic N) is 1. The van der Waals surface area contributed by atoms with E-state index >= 15 is 0 Å². The zero-order valence-corrected chi connectivity index (χ0v) is 17.6. The molecule has 1 aliphatic rings. The second-order valence-corrected chi connectivity index (χ2v) is 8.86. The summed E-state index contributed by atoms with van der Waals surface area (Å²) in [6.07, 6.45) is 1.91. The molecule has 1 atom stereocenters. The van der Waals surface area contributed by atoms with Crippen molar-refractivity contribution in [1.29, 1.82) is 0 Å². The number of aliphatic carboxylic acids is 1. The minimum Gasteiger partial charge on any atom is -0.480 e. The summed E-state index contributed by atoms with van der Waals surface area (Å²) in [6.45, 7) is 3.81. The lowest BCUT2D eigenvalue weighted by atomic mass is 10.0. The third-order valence-electron chi connectivity index (χ3n) is 4.12. The molecular formula is C20H18ClNO4S2. The summed E-state index contributed by atoms with van der Waals surface area (Å²) in [5.41, 5.74) is 0.822. The lowest BCUT2D eigenvalue weighted by molar-refractivity contribution is -0.145. The van der Waals surface area contributed by atoms with Crippen LogP contribution in [-0.2, 0) is 9.59 Å². The number of carbonyl (C=O) groups excluding carboxylic acids is 1. The van der Waals surface area contributed by atoms with Gasteiger partial charge in [0.2, 0.25) is 0 Å². The lowest BCUT2D eigenvalue weighted by Gasteiger charge is -2.24. The quantitative estimate of drug-likeness (QED) is 0.490. The molecule has 1 amide bonds. The van der Waals surface area contributed by atoms with Gasteiger partial charge in [-0.25, -0.2) is 4.79 Å². The van der Waals surface area contributed by atoms with Crippen LogP contribution in [0.3, 0.4) is 0 Å². The maximum Gasteiger partial charge on any atom is 0.326 e. The first-order valence-electron chi connectivity index (χ1n) is 8.62. The highest BCUT2D eigenvalue weighted by Gasteiger charge is 2.40. The Labute approximate surface area is 177 Å². The van der Waals surface area contributed by atoms with Crippen LogP contribution >= 0.6 is 35.6 Å². The molecule has 3 rings (SSSR count). The second kappa shape index (κ2) is 8.51. The molecule has 146 valence electrons. The number of hydrogen-bond donors (Lipinski definition) is 1. The lowest BCUT2D eigenvalue weighted by Crippen LogP contribution is -2.44. The van der Waals surface area contributed by atoms with Gasteiger partial charge in [-0.3, -0.25) is 9.69 Å². The highest BCUT2D eigenvalue weighted by Crippen LogP contribution is 2.36. The SMILES string of the molecule is CC(C)CC(C(=O)O)N1C(=O)C(=Cc2ccc(-c3cccc(Cl)c3)o2)SC1=S. The number of carboxylic acids is 1. The van der Waals surface area contributed by atoms with E-state index in [1.165, 1.54) is 4.90 Å². The molecule has 2 aromatic rings. The van der Waals surface area contributed by atoms with Gasteiger partial charge in [0.05, 0.1) is 4.91 Å². The van der Waals surface area contributed by atoms with Crippen LogP contribution in [0.1, 0.15) is 26.0 Å². The van der Waals surface area contributed by atoms with Crippen LogP contribution in [0.4, 0.5) is 0 Å². The smallest absolute Gasteiger partial charge is 0.326 e. The Kier molecular flexibility index (Phi) is 6.27. The number of rotatable bonds is 6. The summed E-state index contributed by atoms with van der Waals surface area (Å²) in [7, 11) is 0. The predicted molar refractivity (Wildman–Crippen MR) is 115 cm³/mol. The highest BCUT2D eigenvalue weighted by molar-refractivity contribution is 8.26. The van der Waals surface area contributed by atoms with E-state index < -0.39 is 17.9 Å². The number of furan rings is 1.